The number of carbonyl (C=O) groups is 3. The minimum absolute atomic E-state index is 0.0402. The molecular weight excluding hydrogens is 346 g/mol. The fourth-order valence-corrected chi connectivity index (χ4v) is 2.14. The van der Waals surface area contributed by atoms with Gasteiger partial charge in [-0.15, -0.1) is 0 Å². The summed E-state index contributed by atoms with van der Waals surface area (Å²) < 4.78 is 20.4. The molecule has 0 heterocycles. The summed E-state index contributed by atoms with van der Waals surface area (Å²) in [5.74, 6) is -3.24. The third-order valence-corrected chi connectivity index (χ3v) is 3.26. The van der Waals surface area contributed by atoms with Crippen molar-refractivity contribution < 1.29 is 38.4 Å². The molecule has 0 aromatic heterocycles. The molecule has 0 fully saturated rings. The van der Waals surface area contributed by atoms with Gasteiger partial charge in [-0.1, -0.05) is 0 Å². The number of carboxylic acids is 1. The average Bonchev–Trinajstić information content (AvgIpc) is 2.51. The number of nitrogens with two attached hydrogens (primary N) is 1. The lowest BCUT2D eigenvalue weighted by molar-refractivity contribution is -0.193. The fourth-order valence-electron chi connectivity index (χ4n) is 2.14. The zero-order valence-electron chi connectivity index (χ0n) is 16.2. The van der Waals surface area contributed by atoms with Crippen LogP contribution in [-0.2, 0) is 33.3 Å². The van der Waals surface area contributed by atoms with Crippen LogP contribution in [0.15, 0.2) is 0 Å². The van der Waals surface area contributed by atoms with Gasteiger partial charge in [0.05, 0.1) is 25.9 Å². The molecule has 2 atom stereocenters. The summed E-state index contributed by atoms with van der Waals surface area (Å²) in [6.45, 7) is 8.72. The minimum Gasteiger partial charge on any atom is -0.479 e. The Kier molecular flexibility index (Phi) is 10.4. The summed E-state index contributed by atoms with van der Waals surface area (Å²) >= 11 is 0. The van der Waals surface area contributed by atoms with Crippen molar-refractivity contribution >= 4 is 17.9 Å². The van der Waals surface area contributed by atoms with Crippen LogP contribution in [0.2, 0.25) is 0 Å². The average molecular weight is 377 g/mol. The maximum absolute atomic E-state index is 12.3. The van der Waals surface area contributed by atoms with Crippen molar-refractivity contribution in [2.45, 2.75) is 64.7 Å². The maximum Gasteiger partial charge on any atom is 0.351 e. The SMILES string of the molecule is CCOCCOC(C(=O)O)(C(=O)OCC)C(N)CCC(=O)OC(C)(C)C. The van der Waals surface area contributed by atoms with E-state index in [-0.39, 0.29) is 32.7 Å². The summed E-state index contributed by atoms with van der Waals surface area (Å²) in [7, 11) is 0. The van der Waals surface area contributed by atoms with Crippen molar-refractivity contribution in [3.8, 4) is 0 Å². The van der Waals surface area contributed by atoms with Gasteiger partial charge in [-0.05, 0) is 41.0 Å². The third kappa shape index (κ3) is 7.67. The van der Waals surface area contributed by atoms with E-state index in [4.69, 9.17) is 24.7 Å². The molecule has 0 amide bonds. The van der Waals surface area contributed by atoms with Crippen LogP contribution in [-0.4, -0.2) is 66.7 Å². The quantitative estimate of drug-likeness (QED) is 0.288. The fraction of sp³-hybridized carbons (Fsp3) is 0.824. The Bertz CT molecular complexity index is 474. The van der Waals surface area contributed by atoms with Crippen molar-refractivity contribution in [1.29, 1.82) is 0 Å². The summed E-state index contributed by atoms with van der Waals surface area (Å²) in [4.78, 5) is 36.0. The minimum atomic E-state index is -2.42. The third-order valence-electron chi connectivity index (χ3n) is 3.26. The molecule has 0 aliphatic carbocycles. The van der Waals surface area contributed by atoms with Crippen LogP contribution in [0.5, 0.6) is 0 Å². The predicted molar refractivity (Wildman–Crippen MR) is 92.5 cm³/mol. The Morgan fingerprint density at radius 3 is 2.15 bits per heavy atom. The van der Waals surface area contributed by atoms with E-state index in [0.29, 0.717) is 6.61 Å². The molecule has 0 bridgehead atoms. The smallest absolute Gasteiger partial charge is 0.351 e. The van der Waals surface area contributed by atoms with E-state index in [9.17, 15) is 19.5 Å². The number of hydrogen-bond donors (Lipinski definition) is 2. The number of carboxylic acid groups (broad SMARTS) is 1. The second-order valence-electron chi connectivity index (χ2n) is 6.54. The van der Waals surface area contributed by atoms with Gasteiger partial charge in [-0.25, -0.2) is 9.59 Å². The number of carbonyl (C=O) groups excluding carboxylic acids is 2. The van der Waals surface area contributed by atoms with E-state index in [0.717, 1.165) is 0 Å². The monoisotopic (exact) mass is 377 g/mol. The number of aliphatic carboxylic acids is 1. The second kappa shape index (κ2) is 11.1. The van der Waals surface area contributed by atoms with Gasteiger partial charge < -0.3 is 29.8 Å². The normalized spacial score (nSPS) is 15.0. The zero-order chi connectivity index (χ0) is 20.4. The number of esters is 2. The Morgan fingerprint density at radius 1 is 1.08 bits per heavy atom. The van der Waals surface area contributed by atoms with E-state index in [1.807, 2.05) is 0 Å². The van der Waals surface area contributed by atoms with Crippen LogP contribution in [0.3, 0.4) is 0 Å². The standard InChI is InChI=1S/C17H31NO8/c1-6-23-10-11-25-17(14(20)21,15(22)24-7-2)12(18)8-9-13(19)26-16(3,4)5/h12H,6-11,18H2,1-5H3,(H,20,21). The molecule has 0 radical (unpaired) electrons. The largest absolute Gasteiger partial charge is 0.479 e. The van der Waals surface area contributed by atoms with Crippen molar-refractivity contribution in [3.05, 3.63) is 0 Å². The maximum atomic E-state index is 12.3. The zero-order valence-corrected chi connectivity index (χ0v) is 16.2. The van der Waals surface area contributed by atoms with Gasteiger partial charge in [0, 0.05) is 13.0 Å². The molecule has 3 N–H and O–H groups in total. The number of hydrogen-bond acceptors (Lipinski definition) is 8. The van der Waals surface area contributed by atoms with Crippen LogP contribution < -0.4 is 5.73 Å². The first kappa shape index (κ1) is 24.3. The van der Waals surface area contributed by atoms with Gasteiger partial charge in [-0.2, -0.15) is 0 Å². The van der Waals surface area contributed by atoms with Gasteiger partial charge in [0.25, 0.3) is 5.60 Å². The van der Waals surface area contributed by atoms with Gasteiger partial charge in [0.15, 0.2) is 0 Å². The van der Waals surface area contributed by atoms with E-state index < -0.39 is 35.2 Å². The Balaban J connectivity index is 5.23. The molecular formula is C17H31NO8. The Hall–Kier alpha value is -1.71. The highest BCUT2D eigenvalue weighted by Gasteiger charge is 2.54. The molecule has 9 nitrogen and oxygen atoms in total. The predicted octanol–water partition coefficient (Wildman–Crippen LogP) is 0.875. The number of rotatable bonds is 12. The van der Waals surface area contributed by atoms with E-state index in [1.165, 1.54) is 6.92 Å². The molecule has 9 heteroatoms. The van der Waals surface area contributed by atoms with Crippen molar-refractivity contribution in [3.63, 3.8) is 0 Å². The van der Waals surface area contributed by atoms with Gasteiger partial charge in [0.2, 0.25) is 0 Å². The van der Waals surface area contributed by atoms with Crippen LogP contribution >= 0.6 is 0 Å². The molecule has 0 aromatic rings. The van der Waals surface area contributed by atoms with Crippen molar-refractivity contribution in [2.24, 2.45) is 5.73 Å². The second-order valence-corrected chi connectivity index (χ2v) is 6.54. The lowest BCUT2D eigenvalue weighted by Gasteiger charge is -2.32. The first-order valence-electron chi connectivity index (χ1n) is 8.61. The van der Waals surface area contributed by atoms with Gasteiger partial charge in [0.1, 0.15) is 5.60 Å². The topological polar surface area (TPSA) is 134 Å². The van der Waals surface area contributed by atoms with E-state index in [1.54, 1.807) is 27.7 Å². The first-order chi connectivity index (χ1) is 12.0. The van der Waals surface area contributed by atoms with Crippen LogP contribution in [0, 0.1) is 0 Å². The first-order valence-corrected chi connectivity index (χ1v) is 8.61. The summed E-state index contributed by atoms with van der Waals surface area (Å²) in [5.41, 5.74) is 2.85. The molecule has 0 rings (SSSR count). The summed E-state index contributed by atoms with van der Waals surface area (Å²) in [6, 6.07) is -1.31. The molecule has 26 heavy (non-hydrogen) atoms. The lowest BCUT2D eigenvalue weighted by atomic mass is 9.90. The van der Waals surface area contributed by atoms with E-state index >= 15 is 0 Å². The van der Waals surface area contributed by atoms with Gasteiger partial charge >= 0.3 is 17.9 Å². The highest BCUT2D eigenvalue weighted by atomic mass is 16.6. The molecule has 0 aliphatic heterocycles. The highest BCUT2D eigenvalue weighted by Crippen LogP contribution is 2.23. The van der Waals surface area contributed by atoms with E-state index in [2.05, 4.69) is 0 Å². The number of ether oxygens (including phenoxy) is 4. The molecule has 0 spiro atoms. The Labute approximate surface area is 154 Å². The molecule has 152 valence electrons. The van der Waals surface area contributed by atoms with Crippen molar-refractivity contribution in [1.82, 2.24) is 0 Å². The van der Waals surface area contributed by atoms with Crippen LogP contribution in [0.25, 0.3) is 0 Å². The molecule has 0 saturated heterocycles. The van der Waals surface area contributed by atoms with Crippen LogP contribution in [0.1, 0.15) is 47.5 Å². The molecule has 0 aliphatic rings. The summed E-state index contributed by atoms with van der Waals surface area (Å²) in [6.07, 6.45) is -0.295. The van der Waals surface area contributed by atoms with Gasteiger partial charge in [-0.3, -0.25) is 4.79 Å². The lowest BCUT2D eigenvalue weighted by Crippen LogP contribution is -2.62. The molecule has 2 unspecified atom stereocenters. The van der Waals surface area contributed by atoms with Crippen LogP contribution in [0.4, 0.5) is 0 Å². The van der Waals surface area contributed by atoms with Crippen molar-refractivity contribution in [2.75, 3.05) is 26.4 Å². The Morgan fingerprint density at radius 2 is 1.69 bits per heavy atom. The molecule has 0 aromatic carbocycles. The summed E-state index contributed by atoms with van der Waals surface area (Å²) in [5, 5.41) is 9.64. The molecule has 0 saturated carbocycles. The highest BCUT2D eigenvalue weighted by molar-refractivity contribution is 6.04.